The first-order valence-electron chi connectivity index (χ1n) is 15.7. The maximum absolute atomic E-state index is 12.6. The molecule has 39 heavy (non-hydrogen) atoms. The molecule has 1 amide bonds. The van der Waals surface area contributed by atoms with Crippen molar-refractivity contribution in [2.75, 3.05) is 31.6 Å². The maximum Gasteiger partial charge on any atom is 0.222 e. The van der Waals surface area contributed by atoms with E-state index in [1.54, 1.807) is 0 Å². The number of likely N-dealkylation sites (tertiary alicyclic amines) is 1. The van der Waals surface area contributed by atoms with E-state index in [1.165, 1.54) is 56.3 Å². The van der Waals surface area contributed by atoms with Gasteiger partial charge >= 0.3 is 0 Å². The average Bonchev–Trinajstić information content (AvgIpc) is 3.54. The second kappa shape index (κ2) is 11.6. The Morgan fingerprint density at radius 2 is 1.77 bits per heavy atom. The molecule has 0 bridgehead atoms. The van der Waals surface area contributed by atoms with Gasteiger partial charge in [-0.25, -0.2) is 0 Å². The van der Waals surface area contributed by atoms with E-state index in [9.17, 15) is 4.79 Å². The molecule has 8 heteroatoms. The lowest BCUT2D eigenvalue weighted by Crippen LogP contribution is -2.48. The zero-order valence-electron chi connectivity index (χ0n) is 24.0. The summed E-state index contributed by atoms with van der Waals surface area (Å²) < 4.78 is 14.0. The molecule has 8 nitrogen and oxygen atoms in total. The molecular formula is C31H47N5O3. The fourth-order valence-corrected chi connectivity index (χ4v) is 7.42. The van der Waals surface area contributed by atoms with Gasteiger partial charge in [-0.15, -0.1) is 0 Å². The smallest absolute Gasteiger partial charge is 0.222 e. The number of fused-ring (bicyclic) bond motifs is 1. The minimum Gasteiger partial charge on any atom is -0.377 e. The monoisotopic (exact) mass is 537 g/mol. The third kappa shape index (κ3) is 5.63. The van der Waals surface area contributed by atoms with Gasteiger partial charge in [-0.3, -0.25) is 9.48 Å². The summed E-state index contributed by atoms with van der Waals surface area (Å²) in [4.78, 5) is 14.6. The van der Waals surface area contributed by atoms with Gasteiger partial charge < -0.3 is 19.5 Å². The number of aromatic nitrogens is 3. The van der Waals surface area contributed by atoms with Crippen LogP contribution in [0.5, 0.6) is 0 Å². The molecule has 0 radical (unpaired) electrons. The number of ether oxygens (including phenoxy) is 1. The average molecular weight is 538 g/mol. The van der Waals surface area contributed by atoms with E-state index in [2.05, 4.69) is 35.1 Å². The largest absolute Gasteiger partial charge is 0.377 e. The predicted octanol–water partition coefficient (Wildman–Crippen LogP) is 6.21. The molecule has 1 atom stereocenters. The quantitative estimate of drug-likeness (QED) is 0.488. The van der Waals surface area contributed by atoms with Crippen LogP contribution in [0.25, 0.3) is 0 Å². The van der Waals surface area contributed by atoms with Crippen LogP contribution in [0, 0.1) is 5.92 Å². The van der Waals surface area contributed by atoms with Crippen LogP contribution < -0.4 is 5.32 Å². The Balaban J connectivity index is 1.24. The second-order valence-corrected chi connectivity index (χ2v) is 13.1. The fraction of sp³-hybridized carbons (Fsp3) is 0.774. The molecule has 1 spiro atoms. The molecule has 1 saturated carbocycles. The summed E-state index contributed by atoms with van der Waals surface area (Å²) in [6, 6.07) is 2.60. The summed E-state index contributed by atoms with van der Waals surface area (Å²) in [5.41, 5.74) is 3.53. The van der Waals surface area contributed by atoms with Crippen molar-refractivity contribution in [1.29, 1.82) is 0 Å². The molecule has 5 heterocycles. The molecule has 4 aliphatic rings. The molecule has 1 aliphatic carbocycles. The first-order chi connectivity index (χ1) is 19.0. The Hall–Kier alpha value is -2.35. The van der Waals surface area contributed by atoms with E-state index in [0.717, 1.165) is 69.9 Å². The van der Waals surface area contributed by atoms with Gasteiger partial charge in [-0.1, -0.05) is 63.9 Å². The summed E-state index contributed by atoms with van der Waals surface area (Å²) in [5, 5.41) is 13.5. The molecule has 1 unspecified atom stereocenters. The summed E-state index contributed by atoms with van der Waals surface area (Å²) in [6.07, 6.45) is 17.0. The van der Waals surface area contributed by atoms with Crippen LogP contribution >= 0.6 is 0 Å². The van der Waals surface area contributed by atoms with Gasteiger partial charge in [0.15, 0.2) is 0 Å². The Labute approximate surface area is 233 Å². The molecule has 214 valence electrons. The number of piperidine rings is 1. The van der Waals surface area contributed by atoms with Crippen molar-refractivity contribution >= 4 is 11.6 Å². The van der Waals surface area contributed by atoms with E-state index in [-0.39, 0.29) is 11.5 Å². The van der Waals surface area contributed by atoms with Gasteiger partial charge in [0.25, 0.3) is 0 Å². The molecule has 0 aromatic carbocycles. The van der Waals surface area contributed by atoms with Crippen molar-refractivity contribution in [2.24, 2.45) is 5.92 Å². The number of hydrogen-bond donors (Lipinski definition) is 1. The first-order valence-corrected chi connectivity index (χ1v) is 15.7. The molecule has 6 rings (SSSR count). The minimum atomic E-state index is -0.0300. The number of nitrogens with one attached hydrogen (secondary N) is 1. The number of carbonyl (C=O) groups excluding carboxylic acids is 1. The summed E-state index contributed by atoms with van der Waals surface area (Å²) in [5.74, 6) is 2.31. The van der Waals surface area contributed by atoms with Crippen molar-refractivity contribution in [2.45, 2.75) is 121 Å². The van der Waals surface area contributed by atoms with Gasteiger partial charge in [-0.2, -0.15) is 5.10 Å². The number of rotatable bonds is 5. The molecule has 3 fully saturated rings. The first kappa shape index (κ1) is 26.9. The lowest BCUT2D eigenvalue weighted by molar-refractivity contribution is -0.133. The zero-order valence-corrected chi connectivity index (χ0v) is 24.0. The molecule has 2 saturated heterocycles. The Bertz CT molecular complexity index is 1100. The van der Waals surface area contributed by atoms with Gasteiger partial charge in [0.05, 0.1) is 42.5 Å². The van der Waals surface area contributed by atoms with Crippen molar-refractivity contribution < 1.29 is 14.1 Å². The fourth-order valence-electron chi connectivity index (χ4n) is 7.42. The molecule has 1 N–H and O–H groups in total. The molecule has 3 aliphatic heterocycles. The van der Waals surface area contributed by atoms with Crippen LogP contribution in [0.15, 0.2) is 16.8 Å². The lowest BCUT2D eigenvalue weighted by atomic mass is 9.70. The predicted molar refractivity (Wildman–Crippen MR) is 151 cm³/mol. The van der Waals surface area contributed by atoms with E-state index in [0.29, 0.717) is 30.2 Å². The van der Waals surface area contributed by atoms with Crippen molar-refractivity contribution in [1.82, 2.24) is 19.8 Å². The maximum atomic E-state index is 12.6. The van der Waals surface area contributed by atoms with Crippen LogP contribution in [0.2, 0.25) is 0 Å². The highest BCUT2D eigenvalue weighted by atomic mass is 16.5. The Morgan fingerprint density at radius 1 is 1.08 bits per heavy atom. The van der Waals surface area contributed by atoms with Gasteiger partial charge in [0, 0.05) is 49.4 Å². The summed E-state index contributed by atoms with van der Waals surface area (Å²) in [7, 11) is 0. The van der Waals surface area contributed by atoms with Gasteiger partial charge in [-0.05, 0) is 31.6 Å². The zero-order chi connectivity index (χ0) is 26.8. The van der Waals surface area contributed by atoms with Gasteiger partial charge in [0.2, 0.25) is 5.91 Å². The highest BCUT2D eigenvalue weighted by Gasteiger charge is 2.46. The third-order valence-electron chi connectivity index (χ3n) is 9.80. The number of nitrogens with zero attached hydrogens (tertiary/aromatic N) is 4. The van der Waals surface area contributed by atoms with E-state index in [1.807, 2.05) is 11.1 Å². The van der Waals surface area contributed by atoms with Crippen LogP contribution in [-0.2, 0) is 16.0 Å². The normalized spacial score (nSPS) is 24.8. The SMILES string of the molecule is CC(C)CC(=O)N1CCC(c2cc(C3Cc4c(cnn4C4COC4)NC34CCCCCCCCC4)on2)CC1. The molecule has 2 aromatic rings. The van der Waals surface area contributed by atoms with Crippen LogP contribution in [0.3, 0.4) is 0 Å². The highest BCUT2D eigenvalue weighted by molar-refractivity contribution is 5.76. The van der Waals surface area contributed by atoms with E-state index in [4.69, 9.17) is 14.4 Å². The molecular weight excluding hydrogens is 490 g/mol. The summed E-state index contributed by atoms with van der Waals surface area (Å²) in [6.45, 7) is 7.36. The third-order valence-corrected chi connectivity index (χ3v) is 9.80. The lowest BCUT2D eigenvalue weighted by Gasteiger charge is -2.45. The number of amides is 1. The van der Waals surface area contributed by atoms with Crippen molar-refractivity contribution in [3.8, 4) is 0 Å². The Morgan fingerprint density at radius 3 is 2.41 bits per heavy atom. The van der Waals surface area contributed by atoms with Gasteiger partial charge in [0.1, 0.15) is 5.76 Å². The number of anilines is 1. The number of hydrogen-bond acceptors (Lipinski definition) is 6. The second-order valence-electron chi connectivity index (χ2n) is 13.1. The van der Waals surface area contributed by atoms with Crippen molar-refractivity contribution in [3.63, 3.8) is 0 Å². The molecule has 2 aromatic heterocycles. The van der Waals surface area contributed by atoms with E-state index >= 15 is 0 Å². The number of carbonyl (C=O) groups is 1. The standard InChI is InChI=1S/C31H47N5O3/c1-22(2)16-30(37)35-14-10-23(11-15-35)26-18-29(39-34-26)25-17-28-27(19-32-36(28)24-20-38-21-24)33-31(25)12-8-6-4-3-5-7-9-13-31/h18-19,22-25,33H,3-17,20-21H2,1-2H3. The Kier molecular flexibility index (Phi) is 8.01. The van der Waals surface area contributed by atoms with E-state index < -0.39 is 0 Å². The van der Waals surface area contributed by atoms with Crippen LogP contribution in [-0.4, -0.2) is 57.6 Å². The minimum absolute atomic E-state index is 0.0300. The van der Waals surface area contributed by atoms with Crippen LogP contribution in [0.1, 0.15) is 126 Å². The van der Waals surface area contributed by atoms with Crippen molar-refractivity contribution in [3.05, 3.63) is 29.4 Å². The summed E-state index contributed by atoms with van der Waals surface area (Å²) >= 11 is 0. The van der Waals surface area contributed by atoms with Crippen LogP contribution in [0.4, 0.5) is 5.69 Å². The topological polar surface area (TPSA) is 85.4 Å². The highest BCUT2D eigenvalue weighted by Crippen LogP contribution is 2.48.